The fraction of sp³-hybridized carbons (Fsp3) is 0.615. The molecule has 0 spiro atoms. The first kappa shape index (κ1) is 24.3. The van der Waals surface area contributed by atoms with Crippen LogP contribution < -0.4 is 10.4 Å². The van der Waals surface area contributed by atoms with Crippen LogP contribution in [-0.2, 0) is 9.84 Å². The summed E-state index contributed by atoms with van der Waals surface area (Å²) in [4.78, 5) is 23.8. The molecule has 0 amide bonds. The van der Waals surface area contributed by atoms with Crippen molar-refractivity contribution in [1.29, 1.82) is 0 Å². The molecule has 0 radical (unpaired) electrons. The standard InChI is InChI=1S/C26H36N4O4S/c31-26-28-24-18-20-17-21(7-8-23(20)27-25(24)29-26)34-15-4-16-35(32,33)22-10-13-30(14-11-22)12-9-19-5-2-1-3-6-19/h7-8,17-19,22H,1-6,9-16H2,(H2,27,28,29,31). The Morgan fingerprint density at radius 3 is 2.63 bits per heavy atom. The second kappa shape index (κ2) is 10.7. The van der Waals surface area contributed by atoms with Crippen LogP contribution >= 0.6 is 0 Å². The van der Waals surface area contributed by atoms with Crippen molar-refractivity contribution in [1.82, 2.24) is 19.9 Å². The SMILES string of the molecule is O=c1[nH]c2cc3cc(OCCCS(=O)(=O)C4CCN(CCC5CCCCC5)CC4)ccc3nc2[nH]1. The molecule has 0 unspecified atom stereocenters. The van der Waals surface area contributed by atoms with Crippen molar-refractivity contribution >= 4 is 31.9 Å². The van der Waals surface area contributed by atoms with Crippen LogP contribution in [0.3, 0.4) is 0 Å². The highest BCUT2D eigenvalue weighted by atomic mass is 32.2. The van der Waals surface area contributed by atoms with E-state index in [9.17, 15) is 13.2 Å². The van der Waals surface area contributed by atoms with Crippen LogP contribution in [0.1, 0.15) is 57.8 Å². The van der Waals surface area contributed by atoms with Crippen molar-refractivity contribution < 1.29 is 13.2 Å². The number of benzene rings is 1. The fourth-order valence-corrected chi connectivity index (χ4v) is 7.43. The Bertz CT molecular complexity index is 1300. The molecule has 2 N–H and O–H groups in total. The minimum absolute atomic E-state index is 0.167. The molecule has 1 aliphatic carbocycles. The zero-order valence-corrected chi connectivity index (χ0v) is 21.1. The van der Waals surface area contributed by atoms with E-state index in [1.54, 1.807) is 0 Å². The lowest BCUT2D eigenvalue weighted by molar-refractivity contribution is 0.202. The predicted molar refractivity (Wildman–Crippen MR) is 139 cm³/mol. The van der Waals surface area contributed by atoms with Gasteiger partial charge in [-0.05, 0) is 75.5 Å². The van der Waals surface area contributed by atoms with Crippen LogP contribution in [0, 0.1) is 5.92 Å². The Morgan fingerprint density at radius 1 is 1.03 bits per heavy atom. The molecule has 9 heteroatoms. The Kier molecular flexibility index (Phi) is 7.43. The molecular formula is C26H36N4O4S. The Hall–Kier alpha value is -2.39. The van der Waals surface area contributed by atoms with Gasteiger partial charge >= 0.3 is 5.69 Å². The summed E-state index contributed by atoms with van der Waals surface area (Å²) in [5.74, 6) is 1.71. The molecule has 0 atom stereocenters. The predicted octanol–water partition coefficient (Wildman–Crippen LogP) is 4.02. The molecule has 1 aromatic carbocycles. The number of fused-ring (bicyclic) bond motifs is 2. The molecule has 3 heterocycles. The minimum Gasteiger partial charge on any atom is -0.494 e. The molecule has 2 fully saturated rings. The highest BCUT2D eigenvalue weighted by Crippen LogP contribution is 2.27. The number of likely N-dealkylation sites (tertiary alicyclic amines) is 1. The number of aromatic amines is 2. The molecular weight excluding hydrogens is 464 g/mol. The van der Waals surface area contributed by atoms with Crippen molar-refractivity contribution in [2.75, 3.05) is 32.0 Å². The molecule has 0 bridgehead atoms. The first-order chi connectivity index (χ1) is 17.0. The van der Waals surface area contributed by atoms with Gasteiger partial charge in [0.15, 0.2) is 15.5 Å². The quantitative estimate of drug-likeness (QED) is 0.430. The maximum atomic E-state index is 12.9. The molecule has 1 aliphatic heterocycles. The fourth-order valence-electron chi connectivity index (χ4n) is 5.65. The lowest BCUT2D eigenvalue weighted by Crippen LogP contribution is -2.41. The molecule has 190 valence electrons. The van der Waals surface area contributed by atoms with Gasteiger partial charge in [0.1, 0.15) is 5.75 Å². The van der Waals surface area contributed by atoms with Crippen molar-refractivity contribution in [3.05, 3.63) is 34.7 Å². The van der Waals surface area contributed by atoms with Crippen molar-refractivity contribution in [3.63, 3.8) is 0 Å². The molecule has 35 heavy (non-hydrogen) atoms. The van der Waals surface area contributed by atoms with E-state index in [2.05, 4.69) is 19.9 Å². The molecule has 2 aromatic heterocycles. The maximum Gasteiger partial charge on any atom is 0.325 e. The number of piperidine rings is 1. The number of nitrogens with zero attached hydrogens (tertiary/aromatic N) is 2. The summed E-state index contributed by atoms with van der Waals surface area (Å²) in [5.41, 5.74) is 1.64. The Balaban J connectivity index is 1.06. The number of imidazole rings is 1. The van der Waals surface area contributed by atoms with E-state index < -0.39 is 9.84 Å². The number of hydrogen-bond acceptors (Lipinski definition) is 6. The van der Waals surface area contributed by atoms with Crippen LogP contribution in [0.2, 0.25) is 0 Å². The van der Waals surface area contributed by atoms with Gasteiger partial charge in [-0.15, -0.1) is 0 Å². The zero-order valence-electron chi connectivity index (χ0n) is 20.3. The van der Waals surface area contributed by atoms with E-state index in [0.717, 1.165) is 49.3 Å². The van der Waals surface area contributed by atoms with Crippen LogP contribution in [-0.4, -0.2) is 65.5 Å². The second-order valence-electron chi connectivity index (χ2n) is 10.2. The van der Waals surface area contributed by atoms with Crippen LogP contribution in [0.4, 0.5) is 0 Å². The molecule has 8 nitrogen and oxygen atoms in total. The lowest BCUT2D eigenvalue weighted by atomic mass is 9.87. The summed E-state index contributed by atoms with van der Waals surface area (Å²) in [7, 11) is -3.11. The third-order valence-corrected chi connectivity index (χ3v) is 10.1. The summed E-state index contributed by atoms with van der Waals surface area (Å²) >= 11 is 0. The molecule has 1 saturated carbocycles. The third kappa shape index (κ3) is 6.06. The maximum absolute atomic E-state index is 12.9. The van der Waals surface area contributed by atoms with E-state index >= 15 is 0 Å². The Labute approximate surface area is 206 Å². The van der Waals surface area contributed by atoms with Gasteiger partial charge in [0.05, 0.1) is 28.6 Å². The summed E-state index contributed by atoms with van der Waals surface area (Å²) in [6.07, 6.45) is 10.2. The first-order valence-corrected chi connectivity index (χ1v) is 14.8. The zero-order chi connectivity index (χ0) is 24.3. The van der Waals surface area contributed by atoms with Crippen molar-refractivity contribution in [2.45, 2.75) is 63.0 Å². The number of hydrogen-bond donors (Lipinski definition) is 2. The number of rotatable bonds is 9. The van der Waals surface area contributed by atoms with Crippen molar-refractivity contribution in [2.24, 2.45) is 5.92 Å². The summed E-state index contributed by atoms with van der Waals surface area (Å²) < 4.78 is 31.6. The van der Waals surface area contributed by atoms with Gasteiger partial charge in [-0.1, -0.05) is 32.1 Å². The topological polar surface area (TPSA) is 108 Å². The van der Waals surface area contributed by atoms with Gasteiger partial charge < -0.3 is 14.6 Å². The smallest absolute Gasteiger partial charge is 0.325 e. The average Bonchev–Trinajstić information content (AvgIpc) is 3.23. The van der Waals surface area contributed by atoms with Crippen molar-refractivity contribution in [3.8, 4) is 5.75 Å². The minimum atomic E-state index is -3.11. The van der Waals surface area contributed by atoms with E-state index in [1.165, 1.54) is 38.5 Å². The number of sulfone groups is 1. The van der Waals surface area contributed by atoms with Gasteiger partial charge in [0, 0.05) is 5.39 Å². The van der Waals surface area contributed by atoms with Gasteiger partial charge in [0.2, 0.25) is 0 Å². The Morgan fingerprint density at radius 2 is 1.83 bits per heavy atom. The second-order valence-corrected chi connectivity index (χ2v) is 12.6. The summed E-state index contributed by atoms with van der Waals surface area (Å²) in [5, 5.41) is 0.638. The van der Waals surface area contributed by atoms with Crippen LogP contribution in [0.25, 0.3) is 22.1 Å². The molecule has 1 saturated heterocycles. The number of nitrogens with one attached hydrogen (secondary N) is 2. The normalized spacial score (nSPS) is 19.0. The highest BCUT2D eigenvalue weighted by Gasteiger charge is 2.29. The van der Waals surface area contributed by atoms with E-state index in [4.69, 9.17) is 4.74 Å². The first-order valence-electron chi connectivity index (χ1n) is 13.1. The molecule has 3 aromatic rings. The lowest BCUT2D eigenvalue weighted by Gasteiger charge is -2.33. The number of aromatic nitrogens is 3. The van der Waals surface area contributed by atoms with Gasteiger partial charge in [0.25, 0.3) is 0 Å². The summed E-state index contributed by atoms with van der Waals surface area (Å²) in [6.45, 7) is 3.27. The molecule has 2 aliphatic rings. The van der Waals surface area contributed by atoms with E-state index in [-0.39, 0.29) is 16.7 Å². The largest absolute Gasteiger partial charge is 0.494 e. The summed E-state index contributed by atoms with van der Waals surface area (Å²) in [6, 6.07) is 7.39. The van der Waals surface area contributed by atoms with Gasteiger partial charge in [-0.25, -0.2) is 18.2 Å². The van der Waals surface area contributed by atoms with Crippen LogP contribution in [0.5, 0.6) is 5.75 Å². The number of H-pyrrole nitrogens is 2. The number of pyridine rings is 1. The monoisotopic (exact) mass is 500 g/mol. The third-order valence-electron chi connectivity index (χ3n) is 7.73. The molecule has 5 rings (SSSR count). The average molecular weight is 501 g/mol. The number of ether oxygens (including phenoxy) is 1. The highest BCUT2D eigenvalue weighted by molar-refractivity contribution is 7.92. The van der Waals surface area contributed by atoms with Gasteiger partial charge in [-0.2, -0.15) is 0 Å². The van der Waals surface area contributed by atoms with Crippen LogP contribution in [0.15, 0.2) is 29.1 Å². The van der Waals surface area contributed by atoms with E-state index in [0.29, 0.717) is 29.9 Å². The van der Waals surface area contributed by atoms with Gasteiger partial charge in [-0.3, -0.25) is 4.98 Å². The van der Waals surface area contributed by atoms with E-state index in [1.807, 2.05) is 24.3 Å².